The maximum atomic E-state index is 14.1. The van der Waals surface area contributed by atoms with Crippen molar-refractivity contribution in [2.45, 2.75) is 32.0 Å². The summed E-state index contributed by atoms with van der Waals surface area (Å²) >= 11 is 0. The zero-order valence-electron chi connectivity index (χ0n) is 16.5. The van der Waals surface area contributed by atoms with Gasteiger partial charge < -0.3 is 9.84 Å². The van der Waals surface area contributed by atoms with E-state index >= 15 is 0 Å². The first-order valence-corrected chi connectivity index (χ1v) is 9.94. The van der Waals surface area contributed by atoms with Crippen molar-refractivity contribution in [3.8, 4) is 5.75 Å². The molecule has 3 aromatic rings. The average Bonchev–Trinajstić information content (AvgIpc) is 2.97. The zero-order valence-corrected chi connectivity index (χ0v) is 16.5. The Morgan fingerprint density at radius 1 is 1.14 bits per heavy atom. The van der Waals surface area contributed by atoms with Crippen LogP contribution in [0.5, 0.6) is 5.75 Å². The lowest BCUT2D eigenvalue weighted by Crippen LogP contribution is -2.36. The van der Waals surface area contributed by atoms with Gasteiger partial charge >= 0.3 is 0 Å². The Morgan fingerprint density at radius 3 is 2.76 bits per heavy atom. The topological polar surface area (TPSA) is 45.6 Å². The molecule has 0 bridgehead atoms. The van der Waals surface area contributed by atoms with Gasteiger partial charge in [0.15, 0.2) is 0 Å². The molecule has 1 aromatic heterocycles. The fraction of sp³-hybridized carbons (Fsp3) is 0.292. The molecule has 4 rings (SSSR count). The van der Waals surface area contributed by atoms with Crippen molar-refractivity contribution in [3.63, 3.8) is 0 Å². The SMILES string of the molecule is CC(Cc1ccccc1F)N1CCOc2ccc(C(O)c3ccccn3)cc2C1. The number of nitrogens with zero attached hydrogens (tertiary/aromatic N) is 2. The number of halogens is 1. The molecule has 0 saturated heterocycles. The Morgan fingerprint density at radius 2 is 1.97 bits per heavy atom. The number of hydrogen-bond acceptors (Lipinski definition) is 4. The number of aliphatic hydroxyl groups is 1. The standard InChI is InChI=1S/C24H25FN2O2/c1-17(14-18-6-2-3-7-21(18)25)27-12-13-29-23-10-9-19(15-20(23)16-27)24(28)22-8-4-5-11-26-22/h2-11,15,17,24,28H,12-14,16H2,1H3. The first kappa shape index (κ1) is 19.6. The number of rotatable bonds is 5. The van der Waals surface area contributed by atoms with Crippen molar-refractivity contribution in [2.75, 3.05) is 13.2 Å². The quantitative estimate of drug-likeness (QED) is 0.709. The molecule has 1 aliphatic heterocycles. The Hall–Kier alpha value is -2.76. The summed E-state index contributed by atoms with van der Waals surface area (Å²) in [7, 11) is 0. The van der Waals surface area contributed by atoms with E-state index in [0.29, 0.717) is 25.3 Å². The Kier molecular flexibility index (Phi) is 5.88. The van der Waals surface area contributed by atoms with Gasteiger partial charge in [-0.15, -0.1) is 0 Å². The third-order valence-corrected chi connectivity index (χ3v) is 5.47. The molecule has 2 heterocycles. The highest BCUT2D eigenvalue weighted by Gasteiger charge is 2.22. The van der Waals surface area contributed by atoms with E-state index in [0.717, 1.165) is 29.0 Å². The number of pyridine rings is 1. The molecule has 1 aliphatic rings. The summed E-state index contributed by atoms with van der Waals surface area (Å²) in [6.45, 7) is 4.15. The molecule has 0 fully saturated rings. The van der Waals surface area contributed by atoms with Gasteiger partial charge in [0.1, 0.15) is 24.3 Å². The Labute approximate surface area is 170 Å². The monoisotopic (exact) mass is 392 g/mol. The molecule has 0 radical (unpaired) electrons. The number of aliphatic hydroxyl groups excluding tert-OH is 1. The molecule has 0 saturated carbocycles. The van der Waals surface area contributed by atoms with Crippen LogP contribution >= 0.6 is 0 Å². The lowest BCUT2D eigenvalue weighted by molar-refractivity contribution is 0.177. The minimum Gasteiger partial charge on any atom is -0.492 e. The van der Waals surface area contributed by atoms with E-state index in [-0.39, 0.29) is 11.9 Å². The summed E-state index contributed by atoms with van der Waals surface area (Å²) in [5, 5.41) is 10.7. The molecule has 2 unspecified atom stereocenters. The number of benzene rings is 2. The normalized spacial score (nSPS) is 16.4. The number of hydrogen-bond donors (Lipinski definition) is 1. The minimum atomic E-state index is -0.783. The third-order valence-electron chi connectivity index (χ3n) is 5.47. The van der Waals surface area contributed by atoms with Gasteiger partial charge in [-0.1, -0.05) is 30.3 Å². The van der Waals surface area contributed by atoms with Crippen molar-refractivity contribution >= 4 is 0 Å². The third kappa shape index (κ3) is 4.47. The van der Waals surface area contributed by atoms with Gasteiger partial charge in [0.25, 0.3) is 0 Å². The van der Waals surface area contributed by atoms with Crippen LogP contribution in [0, 0.1) is 5.82 Å². The van der Waals surface area contributed by atoms with E-state index in [1.807, 2.05) is 48.5 Å². The van der Waals surface area contributed by atoms with Crippen LogP contribution in [0.15, 0.2) is 66.9 Å². The van der Waals surface area contributed by atoms with Gasteiger partial charge in [0.05, 0.1) is 5.69 Å². The first-order chi connectivity index (χ1) is 14.1. The van der Waals surface area contributed by atoms with Crippen molar-refractivity contribution in [1.29, 1.82) is 0 Å². The van der Waals surface area contributed by atoms with Gasteiger partial charge in [0.2, 0.25) is 0 Å². The number of fused-ring (bicyclic) bond motifs is 1. The minimum absolute atomic E-state index is 0.158. The van der Waals surface area contributed by atoms with Gasteiger partial charge in [0, 0.05) is 30.9 Å². The highest BCUT2D eigenvalue weighted by atomic mass is 19.1. The van der Waals surface area contributed by atoms with Gasteiger partial charge in [-0.25, -0.2) is 4.39 Å². The van der Waals surface area contributed by atoms with Gasteiger partial charge in [-0.05, 0) is 54.8 Å². The number of aromatic nitrogens is 1. The van der Waals surface area contributed by atoms with Crippen LogP contribution in [0.3, 0.4) is 0 Å². The van der Waals surface area contributed by atoms with E-state index < -0.39 is 6.10 Å². The van der Waals surface area contributed by atoms with E-state index in [2.05, 4.69) is 16.8 Å². The summed E-state index contributed by atoms with van der Waals surface area (Å²) in [6, 6.07) is 18.4. The van der Waals surface area contributed by atoms with Crippen molar-refractivity contribution in [2.24, 2.45) is 0 Å². The maximum Gasteiger partial charge on any atom is 0.126 e. The molecule has 4 nitrogen and oxygen atoms in total. The number of ether oxygens (including phenoxy) is 1. The fourth-order valence-corrected chi connectivity index (χ4v) is 3.80. The molecule has 2 aromatic carbocycles. The first-order valence-electron chi connectivity index (χ1n) is 9.94. The molecule has 150 valence electrons. The van der Waals surface area contributed by atoms with Crippen LogP contribution in [-0.4, -0.2) is 34.2 Å². The molecular formula is C24H25FN2O2. The van der Waals surface area contributed by atoms with E-state index in [1.165, 1.54) is 6.07 Å². The zero-order chi connectivity index (χ0) is 20.2. The fourth-order valence-electron chi connectivity index (χ4n) is 3.80. The summed E-state index contributed by atoms with van der Waals surface area (Å²) in [5.74, 6) is 0.675. The predicted octanol–water partition coefficient (Wildman–Crippen LogP) is 4.13. The van der Waals surface area contributed by atoms with Crippen molar-refractivity contribution < 1.29 is 14.2 Å². The van der Waals surface area contributed by atoms with Crippen LogP contribution in [0.2, 0.25) is 0 Å². The Bertz CT molecular complexity index is 964. The smallest absolute Gasteiger partial charge is 0.126 e. The molecule has 0 spiro atoms. The van der Waals surface area contributed by atoms with Gasteiger partial charge in [-0.2, -0.15) is 0 Å². The van der Waals surface area contributed by atoms with Crippen LogP contribution in [0.4, 0.5) is 4.39 Å². The average molecular weight is 392 g/mol. The molecule has 0 aliphatic carbocycles. The molecule has 2 atom stereocenters. The summed E-state index contributed by atoms with van der Waals surface area (Å²) in [6.07, 6.45) is 1.53. The van der Waals surface area contributed by atoms with Gasteiger partial charge in [-0.3, -0.25) is 9.88 Å². The van der Waals surface area contributed by atoms with Crippen LogP contribution in [-0.2, 0) is 13.0 Å². The van der Waals surface area contributed by atoms with E-state index in [4.69, 9.17) is 4.74 Å². The second-order valence-electron chi connectivity index (χ2n) is 7.49. The summed E-state index contributed by atoms with van der Waals surface area (Å²) in [5.41, 5.74) is 3.15. The van der Waals surface area contributed by atoms with Crippen molar-refractivity contribution in [3.05, 3.63) is 95.1 Å². The largest absolute Gasteiger partial charge is 0.492 e. The van der Waals surface area contributed by atoms with Crippen molar-refractivity contribution in [1.82, 2.24) is 9.88 Å². The molecule has 5 heteroatoms. The summed E-state index contributed by atoms with van der Waals surface area (Å²) in [4.78, 5) is 6.56. The molecule has 0 amide bonds. The lowest BCUT2D eigenvalue weighted by Gasteiger charge is -2.27. The molecule has 29 heavy (non-hydrogen) atoms. The predicted molar refractivity (Wildman–Crippen MR) is 110 cm³/mol. The molecule has 1 N–H and O–H groups in total. The van der Waals surface area contributed by atoms with E-state index in [1.54, 1.807) is 12.3 Å². The Balaban J connectivity index is 1.54. The highest BCUT2D eigenvalue weighted by Crippen LogP contribution is 2.30. The highest BCUT2D eigenvalue weighted by molar-refractivity contribution is 5.40. The maximum absolute atomic E-state index is 14.1. The van der Waals surface area contributed by atoms with E-state index in [9.17, 15) is 9.50 Å². The second kappa shape index (κ2) is 8.72. The summed E-state index contributed by atoms with van der Waals surface area (Å²) < 4.78 is 20.0. The van der Waals surface area contributed by atoms with Crippen LogP contribution in [0.1, 0.15) is 35.4 Å². The van der Waals surface area contributed by atoms with Crippen LogP contribution in [0.25, 0.3) is 0 Å². The van der Waals surface area contributed by atoms with Crippen LogP contribution < -0.4 is 4.74 Å². The lowest BCUT2D eigenvalue weighted by atomic mass is 10.0. The molecular weight excluding hydrogens is 367 g/mol. The second-order valence-corrected chi connectivity index (χ2v) is 7.49.